The van der Waals surface area contributed by atoms with Gasteiger partial charge in [-0.15, -0.1) is 0 Å². The van der Waals surface area contributed by atoms with Gasteiger partial charge in [-0.2, -0.15) is 0 Å². The summed E-state index contributed by atoms with van der Waals surface area (Å²) >= 11 is 0. The normalized spacial score (nSPS) is 11.8. The largest absolute Gasteiger partial charge is 0.337 e. The second-order valence-corrected chi connectivity index (χ2v) is 7.15. The van der Waals surface area contributed by atoms with Crippen molar-refractivity contribution in [2.45, 2.75) is 0 Å². The van der Waals surface area contributed by atoms with E-state index < -0.39 is 119 Å². The molecule has 0 spiro atoms. The Hall–Kier alpha value is -3.78. The van der Waals surface area contributed by atoms with Crippen LogP contribution in [0.1, 0.15) is 0 Å². The molecule has 0 aromatic heterocycles. The number of benzene rings is 4. The monoisotopic (exact) mass is 535 g/mol. The standard InChI is InChI=1S/C21H3F14N/c1-36(21-18(34)15(31)14(30)16(32)19(21)35)20-5-4(10(26)13(29)17(20)33)6(22)2-3(7(5)23)9(25)12(28)11(27)8(2)24/h1H3. The van der Waals surface area contributed by atoms with Gasteiger partial charge in [-0.1, -0.05) is 0 Å². The fraction of sp³-hybridized carbons (Fsp3) is 0.0476. The maximum Gasteiger partial charge on any atom is 0.200 e. The Kier molecular flexibility index (Phi) is 5.72. The smallest absolute Gasteiger partial charge is 0.200 e. The fourth-order valence-corrected chi connectivity index (χ4v) is 3.68. The summed E-state index contributed by atoms with van der Waals surface area (Å²) in [7, 11) is 0.233. The lowest BCUT2D eigenvalue weighted by Crippen LogP contribution is -2.20. The molecule has 0 fully saturated rings. The van der Waals surface area contributed by atoms with Gasteiger partial charge in [-0.05, 0) is 0 Å². The van der Waals surface area contributed by atoms with Gasteiger partial charge in [0.25, 0.3) is 0 Å². The van der Waals surface area contributed by atoms with Gasteiger partial charge in [0.05, 0.1) is 27.2 Å². The Morgan fingerprint density at radius 1 is 0.278 bits per heavy atom. The molecule has 0 bridgehead atoms. The Labute approximate surface area is 188 Å². The maximum atomic E-state index is 15.3. The molecule has 4 aromatic carbocycles. The first-order valence-electron chi connectivity index (χ1n) is 9.04. The molecule has 0 heterocycles. The van der Waals surface area contributed by atoms with Gasteiger partial charge in [0.2, 0.25) is 5.82 Å². The van der Waals surface area contributed by atoms with Crippen LogP contribution in [0.5, 0.6) is 0 Å². The molecular weight excluding hydrogens is 532 g/mol. The first-order valence-corrected chi connectivity index (χ1v) is 9.04. The molecule has 0 aliphatic rings. The van der Waals surface area contributed by atoms with Gasteiger partial charge in [-0.3, -0.25) is 0 Å². The van der Waals surface area contributed by atoms with Crippen molar-refractivity contribution in [1.29, 1.82) is 0 Å². The van der Waals surface area contributed by atoms with Crippen molar-refractivity contribution in [2.75, 3.05) is 11.9 Å². The average molecular weight is 535 g/mol. The summed E-state index contributed by atoms with van der Waals surface area (Å²) in [5, 5.41) is -8.26. The molecule has 0 saturated heterocycles. The SMILES string of the molecule is CN(c1c(F)c(F)c(F)c(F)c1F)c1c(F)c(F)c(F)c2c(F)c3c(F)c(F)c(F)c(F)c3c(F)c12. The highest BCUT2D eigenvalue weighted by molar-refractivity contribution is 6.07. The lowest BCUT2D eigenvalue weighted by molar-refractivity contribution is 0.380. The molecule has 0 aliphatic heterocycles. The Morgan fingerprint density at radius 3 is 0.944 bits per heavy atom. The van der Waals surface area contributed by atoms with Crippen LogP contribution >= 0.6 is 0 Å². The van der Waals surface area contributed by atoms with Crippen LogP contribution in [0.25, 0.3) is 21.5 Å². The zero-order chi connectivity index (χ0) is 27.1. The van der Waals surface area contributed by atoms with E-state index in [1.165, 1.54) is 0 Å². The number of hydrogen-bond acceptors (Lipinski definition) is 1. The van der Waals surface area contributed by atoms with E-state index in [2.05, 4.69) is 0 Å². The van der Waals surface area contributed by atoms with Gasteiger partial charge in [0, 0.05) is 7.05 Å². The molecule has 0 N–H and O–H groups in total. The van der Waals surface area contributed by atoms with Gasteiger partial charge < -0.3 is 4.90 Å². The van der Waals surface area contributed by atoms with Gasteiger partial charge in [0.1, 0.15) is 17.3 Å². The molecule has 4 rings (SSSR count). The lowest BCUT2D eigenvalue weighted by Gasteiger charge is -2.25. The van der Waals surface area contributed by atoms with Crippen molar-refractivity contribution >= 4 is 32.9 Å². The van der Waals surface area contributed by atoms with Crippen LogP contribution in [-0.2, 0) is 0 Å². The van der Waals surface area contributed by atoms with E-state index in [9.17, 15) is 52.7 Å². The Bertz CT molecular complexity index is 1620. The summed E-state index contributed by atoms with van der Waals surface area (Å²) in [6.07, 6.45) is 0. The number of rotatable bonds is 2. The third-order valence-electron chi connectivity index (χ3n) is 5.30. The highest BCUT2D eigenvalue weighted by Crippen LogP contribution is 2.45. The molecule has 0 radical (unpaired) electrons. The molecule has 36 heavy (non-hydrogen) atoms. The molecule has 1 nitrogen and oxygen atoms in total. The topological polar surface area (TPSA) is 3.24 Å². The van der Waals surface area contributed by atoms with Crippen molar-refractivity contribution < 1.29 is 61.5 Å². The van der Waals surface area contributed by atoms with Crippen molar-refractivity contribution in [3.05, 3.63) is 81.4 Å². The molecule has 0 atom stereocenters. The molecule has 0 aliphatic carbocycles. The number of hydrogen-bond donors (Lipinski definition) is 0. The third-order valence-corrected chi connectivity index (χ3v) is 5.30. The minimum absolute atomic E-state index is 0.233. The average Bonchev–Trinajstić information content (AvgIpc) is 2.84. The third kappa shape index (κ3) is 3.03. The summed E-state index contributed by atoms with van der Waals surface area (Å²) in [5.41, 5.74) is -4.07. The molecular formula is C21H3F14N. The van der Waals surface area contributed by atoms with Gasteiger partial charge in [-0.25, -0.2) is 61.5 Å². The van der Waals surface area contributed by atoms with E-state index >= 15 is 8.78 Å². The van der Waals surface area contributed by atoms with Crippen molar-refractivity contribution in [3.63, 3.8) is 0 Å². The van der Waals surface area contributed by atoms with Crippen molar-refractivity contribution in [1.82, 2.24) is 0 Å². The highest BCUT2D eigenvalue weighted by Gasteiger charge is 2.36. The van der Waals surface area contributed by atoms with Crippen LogP contribution in [0.4, 0.5) is 72.8 Å². The van der Waals surface area contributed by atoms with E-state index in [4.69, 9.17) is 0 Å². The molecule has 0 amide bonds. The number of halogens is 14. The first-order chi connectivity index (χ1) is 16.7. The second kappa shape index (κ2) is 8.13. The van der Waals surface area contributed by atoms with E-state index in [1.54, 1.807) is 0 Å². The molecule has 4 aromatic rings. The van der Waals surface area contributed by atoms with Crippen LogP contribution in [0.2, 0.25) is 0 Å². The molecule has 190 valence electrons. The van der Waals surface area contributed by atoms with Gasteiger partial charge >= 0.3 is 0 Å². The van der Waals surface area contributed by atoms with Crippen LogP contribution in [0.15, 0.2) is 0 Å². The second-order valence-electron chi connectivity index (χ2n) is 7.15. The summed E-state index contributed by atoms with van der Waals surface area (Å²) in [4.78, 5) is -0.459. The molecule has 0 saturated carbocycles. The van der Waals surface area contributed by atoms with Crippen LogP contribution < -0.4 is 4.90 Å². The summed E-state index contributed by atoms with van der Waals surface area (Å²) in [6.45, 7) is 0. The van der Waals surface area contributed by atoms with Crippen molar-refractivity contribution in [2.24, 2.45) is 0 Å². The molecule has 0 unspecified atom stereocenters. The Morgan fingerprint density at radius 2 is 0.528 bits per heavy atom. The maximum absolute atomic E-state index is 15.3. The highest BCUT2D eigenvalue weighted by atomic mass is 19.2. The first kappa shape index (κ1) is 25.3. The minimum atomic E-state index is -2.73. The van der Waals surface area contributed by atoms with Gasteiger partial charge in [0.15, 0.2) is 64.0 Å². The molecule has 15 heteroatoms. The van der Waals surface area contributed by atoms with Crippen molar-refractivity contribution in [3.8, 4) is 0 Å². The number of nitrogens with zero attached hydrogens (tertiary/aromatic N) is 1. The number of fused-ring (bicyclic) bond motifs is 2. The zero-order valence-corrected chi connectivity index (χ0v) is 16.7. The van der Waals surface area contributed by atoms with Crippen LogP contribution in [0, 0.1) is 81.4 Å². The predicted molar refractivity (Wildman–Crippen MR) is 95.4 cm³/mol. The predicted octanol–water partition coefficient (Wildman–Crippen LogP) is 7.71. The minimum Gasteiger partial charge on any atom is -0.337 e. The fourth-order valence-electron chi connectivity index (χ4n) is 3.68. The zero-order valence-electron chi connectivity index (χ0n) is 16.7. The lowest BCUT2D eigenvalue weighted by atomic mass is 9.97. The van der Waals surface area contributed by atoms with E-state index in [0.717, 1.165) is 0 Å². The summed E-state index contributed by atoms with van der Waals surface area (Å²) < 4.78 is 199. The Balaban J connectivity index is 2.31. The quantitative estimate of drug-likeness (QED) is 0.110. The summed E-state index contributed by atoms with van der Waals surface area (Å²) in [5.74, 6) is -37.0. The van der Waals surface area contributed by atoms with E-state index in [-0.39, 0.29) is 7.05 Å². The van der Waals surface area contributed by atoms with E-state index in [0.29, 0.717) is 0 Å². The van der Waals surface area contributed by atoms with E-state index in [1.807, 2.05) is 0 Å². The number of anilines is 2. The summed E-state index contributed by atoms with van der Waals surface area (Å²) in [6, 6.07) is 0. The van der Waals surface area contributed by atoms with Crippen LogP contribution in [0.3, 0.4) is 0 Å². The van der Waals surface area contributed by atoms with Crippen LogP contribution in [-0.4, -0.2) is 7.05 Å².